The Bertz CT molecular complexity index is 264. The second kappa shape index (κ2) is 5.83. The molecule has 0 aliphatic carbocycles. The van der Waals surface area contributed by atoms with Gasteiger partial charge in [-0.2, -0.15) is 0 Å². The summed E-state index contributed by atoms with van der Waals surface area (Å²) in [5, 5.41) is 3.35. The molecular weight excluding hydrogens is 216 g/mol. The Morgan fingerprint density at radius 3 is 2.82 bits per heavy atom. The summed E-state index contributed by atoms with van der Waals surface area (Å²) < 4.78 is 5.38. The Balaban J connectivity index is 1.89. The van der Waals surface area contributed by atoms with Gasteiger partial charge in [-0.05, 0) is 33.2 Å². The molecule has 0 aromatic rings. The van der Waals surface area contributed by atoms with Crippen LogP contribution in [-0.2, 0) is 9.53 Å². The molecule has 0 aromatic heterocycles. The summed E-state index contributed by atoms with van der Waals surface area (Å²) >= 11 is 0. The predicted molar refractivity (Wildman–Crippen MR) is 66.8 cm³/mol. The molecule has 0 spiro atoms. The van der Waals surface area contributed by atoms with Crippen molar-refractivity contribution >= 4 is 5.91 Å². The molecular formula is C13H24N2O2. The van der Waals surface area contributed by atoms with Crippen LogP contribution in [-0.4, -0.2) is 49.7 Å². The molecule has 0 radical (unpaired) electrons. The van der Waals surface area contributed by atoms with Crippen LogP contribution in [0.5, 0.6) is 0 Å². The number of rotatable bonds is 4. The Kier molecular flexibility index (Phi) is 4.40. The number of carbonyl (C=O) groups is 1. The zero-order chi connectivity index (χ0) is 12.3. The summed E-state index contributed by atoms with van der Waals surface area (Å²) in [5.41, 5.74) is 0. The molecule has 1 N–H and O–H groups in total. The minimum atomic E-state index is 0.178. The number of amides is 1. The lowest BCUT2D eigenvalue weighted by Crippen LogP contribution is -2.42. The van der Waals surface area contributed by atoms with Gasteiger partial charge in [-0.1, -0.05) is 0 Å². The van der Waals surface area contributed by atoms with E-state index in [2.05, 4.69) is 19.2 Å². The largest absolute Gasteiger partial charge is 0.381 e. The van der Waals surface area contributed by atoms with E-state index in [0.717, 1.165) is 45.7 Å². The van der Waals surface area contributed by atoms with Crippen molar-refractivity contribution in [1.29, 1.82) is 0 Å². The normalized spacial score (nSPS) is 32.9. The van der Waals surface area contributed by atoms with Gasteiger partial charge >= 0.3 is 0 Å². The van der Waals surface area contributed by atoms with E-state index in [9.17, 15) is 4.79 Å². The van der Waals surface area contributed by atoms with Crippen molar-refractivity contribution in [2.24, 2.45) is 11.8 Å². The lowest BCUT2D eigenvalue weighted by Gasteiger charge is -2.28. The van der Waals surface area contributed by atoms with E-state index in [1.807, 2.05) is 4.90 Å². The van der Waals surface area contributed by atoms with Crippen LogP contribution in [0, 0.1) is 11.8 Å². The van der Waals surface area contributed by atoms with Gasteiger partial charge in [0.05, 0.1) is 12.5 Å². The smallest absolute Gasteiger partial charge is 0.227 e. The van der Waals surface area contributed by atoms with Crippen LogP contribution in [0.1, 0.15) is 26.7 Å². The zero-order valence-electron chi connectivity index (χ0n) is 10.9. The van der Waals surface area contributed by atoms with Crippen molar-refractivity contribution < 1.29 is 9.53 Å². The highest BCUT2D eigenvalue weighted by molar-refractivity contribution is 5.79. The van der Waals surface area contributed by atoms with Gasteiger partial charge in [0.2, 0.25) is 5.91 Å². The van der Waals surface area contributed by atoms with Gasteiger partial charge < -0.3 is 15.0 Å². The molecule has 2 saturated heterocycles. The highest BCUT2D eigenvalue weighted by Crippen LogP contribution is 2.20. The first-order valence-electron chi connectivity index (χ1n) is 6.82. The number of hydrogen-bond acceptors (Lipinski definition) is 3. The molecule has 4 nitrogen and oxygen atoms in total. The van der Waals surface area contributed by atoms with Crippen molar-refractivity contribution in [2.75, 3.05) is 32.8 Å². The minimum absolute atomic E-state index is 0.178. The van der Waals surface area contributed by atoms with E-state index >= 15 is 0 Å². The molecule has 17 heavy (non-hydrogen) atoms. The minimum Gasteiger partial charge on any atom is -0.381 e. The van der Waals surface area contributed by atoms with Crippen molar-refractivity contribution in [3.05, 3.63) is 0 Å². The van der Waals surface area contributed by atoms with Crippen molar-refractivity contribution in [2.45, 2.75) is 32.7 Å². The van der Waals surface area contributed by atoms with E-state index in [1.54, 1.807) is 0 Å². The van der Waals surface area contributed by atoms with Crippen molar-refractivity contribution in [3.63, 3.8) is 0 Å². The Hall–Kier alpha value is -0.610. The SMILES string of the molecule is CCN(CC1CCOC1)C(=O)C1CCNC1C. The number of ether oxygens (including phenoxy) is 1. The topological polar surface area (TPSA) is 41.6 Å². The molecule has 0 bridgehead atoms. The molecule has 0 saturated carbocycles. The third kappa shape index (κ3) is 2.99. The van der Waals surface area contributed by atoms with E-state index < -0.39 is 0 Å². The molecule has 98 valence electrons. The quantitative estimate of drug-likeness (QED) is 0.793. The summed E-state index contributed by atoms with van der Waals surface area (Å²) in [7, 11) is 0. The van der Waals surface area contributed by atoms with E-state index in [1.165, 1.54) is 0 Å². The highest BCUT2D eigenvalue weighted by Gasteiger charge is 2.33. The highest BCUT2D eigenvalue weighted by atomic mass is 16.5. The molecule has 0 aromatic carbocycles. The average Bonchev–Trinajstić information content (AvgIpc) is 2.96. The fraction of sp³-hybridized carbons (Fsp3) is 0.923. The molecule has 2 aliphatic rings. The number of carbonyl (C=O) groups excluding carboxylic acids is 1. The van der Waals surface area contributed by atoms with Crippen LogP contribution in [0.15, 0.2) is 0 Å². The Morgan fingerprint density at radius 2 is 2.29 bits per heavy atom. The molecule has 3 unspecified atom stereocenters. The summed E-state index contributed by atoms with van der Waals surface area (Å²) in [5.74, 6) is 1.05. The van der Waals surface area contributed by atoms with Crippen LogP contribution in [0.4, 0.5) is 0 Å². The van der Waals surface area contributed by atoms with Gasteiger partial charge in [0.1, 0.15) is 0 Å². The number of nitrogens with zero attached hydrogens (tertiary/aromatic N) is 1. The van der Waals surface area contributed by atoms with Crippen LogP contribution in [0.3, 0.4) is 0 Å². The van der Waals surface area contributed by atoms with Crippen molar-refractivity contribution in [1.82, 2.24) is 10.2 Å². The first-order chi connectivity index (χ1) is 8.22. The zero-order valence-corrected chi connectivity index (χ0v) is 10.9. The van der Waals surface area contributed by atoms with E-state index in [4.69, 9.17) is 4.74 Å². The molecule has 2 fully saturated rings. The van der Waals surface area contributed by atoms with Gasteiger partial charge in [-0.25, -0.2) is 0 Å². The summed E-state index contributed by atoms with van der Waals surface area (Å²) in [6.45, 7) is 8.53. The van der Waals surface area contributed by atoms with Crippen molar-refractivity contribution in [3.8, 4) is 0 Å². The molecule has 2 aliphatic heterocycles. The lowest BCUT2D eigenvalue weighted by atomic mass is 9.99. The number of nitrogens with one attached hydrogen (secondary N) is 1. The third-order valence-corrected chi connectivity index (χ3v) is 4.04. The first kappa shape index (κ1) is 12.8. The van der Waals surface area contributed by atoms with E-state index in [-0.39, 0.29) is 5.92 Å². The second-order valence-electron chi connectivity index (χ2n) is 5.24. The maximum Gasteiger partial charge on any atom is 0.227 e. The van der Waals surface area contributed by atoms with E-state index in [0.29, 0.717) is 17.9 Å². The molecule has 2 heterocycles. The summed E-state index contributed by atoms with van der Waals surface area (Å²) in [6.07, 6.45) is 2.08. The number of hydrogen-bond donors (Lipinski definition) is 1. The first-order valence-corrected chi connectivity index (χ1v) is 6.82. The molecule has 3 atom stereocenters. The van der Waals surface area contributed by atoms with Gasteiger partial charge in [-0.15, -0.1) is 0 Å². The van der Waals surface area contributed by atoms with Crippen LogP contribution in [0.25, 0.3) is 0 Å². The van der Waals surface area contributed by atoms with Gasteiger partial charge in [0.15, 0.2) is 0 Å². The molecule has 4 heteroatoms. The average molecular weight is 240 g/mol. The third-order valence-electron chi connectivity index (χ3n) is 4.04. The van der Waals surface area contributed by atoms with Crippen LogP contribution in [0.2, 0.25) is 0 Å². The van der Waals surface area contributed by atoms with Gasteiger partial charge in [0.25, 0.3) is 0 Å². The molecule has 2 rings (SSSR count). The van der Waals surface area contributed by atoms with Crippen LogP contribution < -0.4 is 5.32 Å². The summed E-state index contributed by atoms with van der Waals surface area (Å²) in [6, 6.07) is 0.330. The Morgan fingerprint density at radius 1 is 1.47 bits per heavy atom. The molecule has 1 amide bonds. The maximum absolute atomic E-state index is 12.4. The fourth-order valence-corrected chi connectivity index (χ4v) is 2.84. The van der Waals surface area contributed by atoms with Crippen LogP contribution >= 0.6 is 0 Å². The summed E-state index contributed by atoms with van der Waals surface area (Å²) in [4.78, 5) is 14.4. The lowest BCUT2D eigenvalue weighted by molar-refractivity contribution is -0.136. The van der Waals surface area contributed by atoms with Gasteiger partial charge in [0, 0.05) is 31.7 Å². The van der Waals surface area contributed by atoms with Gasteiger partial charge in [-0.3, -0.25) is 4.79 Å². The predicted octanol–water partition coefficient (Wildman–Crippen LogP) is 0.869. The standard InChI is InChI=1S/C13H24N2O2/c1-3-15(8-11-5-7-17-9-11)13(16)12-4-6-14-10(12)2/h10-12,14H,3-9H2,1-2H3. The monoisotopic (exact) mass is 240 g/mol. The fourth-order valence-electron chi connectivity index (χ4n) is 2.84. The Labute approximate surface area is 104 Å². The second-order valence-corrected chi connectivity index (χ2v) is 5.24. The maximum atomic E-state index is 12.4.